The number of amides is 1. The molecule has 3 aromatic rings. The zero-order valence-electron chi connectivity index (χ0n) is 15.9. The van der Waals surface area contributed by atoms with Gasteiger partial charge in [0.2, 0.25) is 5.91 Å². The summed E-state index contributed by atoms with van der Waals surface area (Å²) >= 11 is 1.17. The Morgan fingerprint density at radius 1 is 1.11 bits per heavy atom. The molecule has 0 aliphatic rings. The highest BCUT2D eigenvalue weighted by molar-refractivity contribution is 7.17. The third-order valence-electron chi connectivity index (χ3n) is 4.48. The average molecular weight is 403 g/mol. The van der Waals surface area contributed by atoms with Crippen molar-refractivity contribution in [2.24, 2.45) is 0 Å². The number of thiophene rings is 1. The second kappa shape index (κ2) is 8.52. The molecule has 0 saturated heterocycles. The Morgan fingerprint density at radius 2 is 1.79 bits per heavy atom. The van der Waals surface area contributed by atoms with Crippen molar-refractivity contribution in [1.82, 2.24) is 14.0 Å². The molecule has 0 unspecified atom stereocenters. The summed E-state index contributed by atoms with van der Waals surface area (Å²) in [5, 5.41) is 1.69. The van der Waals surface area contributed by atoms with Crippen molar-refractivity contribution < 1.29 is 9.18 Å². The van der Waals surface area contributed by atoms with Gasteiger partial charge in [0, 0.05) is 13.1 Å². The minimum atomic E-state index is -0.720. The molecule has 0 fully saturated rings. The lowest BCUT2D eigenvalue weighted by molar-refractivity contribution is -0.131. The zero-order valence-corrected chi connectivity index (χ0v) is 16.7. The molecule has 0 atom stereocenters. The Balaban J connectivity index is 2.17. The number of carbonyl (C=O) groups excluding carboxylic acids is 1. The summed E-state index contributed by atoms with van der Waals surface area (Å²) in [6, 6.07) is 7.27. The summed E-state index contributed by atoms with van der Waals surface area (Å²) in [5.74, 6) is -0.869. The number of hydrogen-bond donors (Lipinski definition) is 0. The molecule has 1 aromatic carbocycles. The monoisotopic (exact) mass is 403 g/mol. The number of hydrogen-bond acceptors (Lipinski definition) is 4. The fourth-order valence-corrected chi connectivity index (χ4v) is 4.05. The van der Waals surface area contributed by atoms with E-state index in [0.717, 1.165) is 17.4 Å². The van der Waals surface area contributed by atoms with Gasteiger partial charge in [-0.1, -0.05) is 26.0 Å². The number of aromatic nitrogens is 2. The average Bonchev–Trinajstić information content (AvgIpc) is 3.16. The summed E-state index contributed by atoms with van der Waals surface area (Å²) in [5.41, 5.74) is -1.02. The molecule has 0 radical (unpaired) electrons. The molecule has 0 saturated carbocycles. The maximum Gasteiger partial charge on any atom is 0.336 e. The highest BCUT2D eigenvalue weighted by Crippen LogP contribution is 2.17. The minimum absolute atomic E-state index is 0.118. The van der Waals surface area contributed by atoms with Crippen molar-refractivity contribution in [2.45, 2.75) is 33.2 Å². The lowest BCUT2D eigenvalue weighted by Crippen LogP contribution is -2.43. The summed E-state index contributed by atoms with van der Waals surface area (Å²) in [6.45, 7) is 4.97. The quantitative estimate of drug-likeness (QED) is 0.609. The van der Waals surface area contributed by atoms with Crippen molar-refractivity contribution in [2.75, 3.05) is 13.1 Å². The van der Waals surface area contributed by atoms with Crippen LogP contribution < -0.4 is 11.2 Å². The number of para-hydroxylation sites is 1. The van der Waals surface area contributed by atoms with Gasteiger partial charge in [-0.05, 0) is 36.4 Å². The third kappa shape index (κ3) is 3.64. The number of rotatable bonds is 7. The van der Waals surface area contributed by atoms with E-state index in [1.807, 2.05) is 13.8 Å². The van der Waals surface area contributed by atoms with Gasteiger partial charge < -0.3 is 4.90 Å². The number of halogens is 1. The van der Waals surface area contributed by atoms with Crippen molar-refractivity contribution in [3.05, 3.63) is 62.4 Å². The van der Waals surface area contributed by atoms with Crippen molar-refractivity contribution in [3.63, 3.8) is 0 Å². The first-order valence-corrected chi connectivity index (χ1v) is 10.1. The van der Waals surface area contributed by atoms with Crippen molar-refractivity contribution in [3.8, 4) is 5.69 Å². The van der Waals surface area contributed by atoms with Gasteiger partial charge >= 0.3 is 5.69 Å². The van der Waals surface area contributed by atoms with Gasteiger partial charge in [0.1, 0.15) is 17.1 Å². The Labute approximate surface area is 165 Å². The van der Waals surface area contributed by atoms with Gasteiger partial charge in [-0.15, -0.1) is 11.3 Å². The lowest BCUT2D eigenvalue weighted by Gasteiger charge is -2.22. The van der Waals surface area contributed by atoms with E-state index in [-0.39, 0.29) is 18.1 Å². The molecule has 0 spiro atoms. The van der Waals surface area contributed by atoms with E-state index >= 15 is 0 Å². The van der Waals surface area contributed by atoms with Crippen LogP contribution in [0, 0.1) is 5.82 Å². The fraction of sp³-hybridized carbons (Fsp3) is 0.350. The van der Waals surface area contributed by atoms with Crippen LogP contribution in [-0.4, -0.2) is 33.0 Å². The van der Waals surface area contributed by atoms with Crippen LogP contribution in [0.5, 0.6) is 0 Å². The van der Waals surface area contributed by atoms with Crippen molar-refractivity contribution in [1.29, 1.82) is 0 Å². The summed E-state index contributed by atoms with van der Waals surface area (Å²) in [7, 11) is 0. The Kier molecular flexibility index (Phi) is 6.08. The fourth-order valence-electron chi connectivity index (χ4n) is 3.22. The Morgan fingerprint density at radius 3 is 2.43 bits per heavy atom. The largest absolute Gasteiger partial charge is 0.341 e. The van der Waals surface area contributed by atoms with E-state index < -0.39 is 17.1 Å². The van der Waals surface area contributed by atoms with Crippen LogP contribution in [0.1, 0.15) is 26.7 Å². The van der Waals surface area contributed by atoms with Crippen LogP contribution in [0.3, 0.4) is 0 Å². The molecule has 148 valence electrons. The molecule has 6 nitrogen and oxygen atoms in total. The van der Waals surface area contributed by atoms with E-state index in [9.17, 15) is 18.8 Å². The van der Waals surface area contributed by atoms with Gasteiger partial charge in [-0.2, -0.15) is 0 Å². The van der Waals surface area contributed by atoms with Crippen LogP contribution in [0.25, 0.3) is 15.9 Å². The van der Waals surface area contributed by atoms with Crippen LogP contribution >= 0.6 is 11.3 Å². The molecular formula is C20H22FN3O3S. The second-order valence-electron chi connectivity index (χ2n) is 6.48. The molecule has 2 aromatic heterocycles. The van der Waals surface area contributed by atoms with Crippen LogP contribution in [0.15, 0.2) is 45.3 Å². The zero-order chi connectivity index (χ0) is 20.3. The summed E-state index contributed by atoms with van der Waals surface area (Å²) < 4.78 is 16.7. The van der Waals surface area contributed by atoms with E-state index in [4.69, 9.17) is 0 Å². The van der Waals surface area contributed by atoms with Gasteiger partial charge in [0.05, 0.1) is 11.2 Å². The smallest absolute Gasteiger partial charge is 0.336 e. The number of benzene rings is 1. The topological polar surface area (TPSA) is 64.3 Å². The normalized spacial score (nSPS) is 11.1. The standard InChI is InChI=1S/C20H22FN3O3S/c1-3-10-22(11-4-2)17(25)13-23-16-9-12-28-18(16)19(26)24(20(23)27)15-8-6-5-7-14(15)21/h5-9,12H,3-4,10-11,13H2,1-2H3. The van der Waals surface area contributed by atoms with Crippen LogP contribution in [-0.2, 0) is 11.3 Å². The molecule has 8 heteroatoms. The molecule has 2 heterocycles. The predicted octanol–water partition coefficient (Wildman–Crippen LogP) is 3.00. The molecule has 3 rings (SSSR count). The number of fused-ring (bicyclic) bond motifs is 1. The van der Waals surface area contributed by atoms with Gasteiger partial charge in [-0.25, -0.2) is 13.8 Å². The van der Waals surface area contributed by atoms with Crippen LogP contribution in [0.4, 0.5) is 4.39 Å². The first-order valence-electron chi connectivity index (χ1n) is 9.25. The van der Waals surface area contributed by atoms with Gasteiger partial charge in [-0.3, -0.25) is 14.2 Å². The molecule has 28 heavy (non-hydrogen) atoms. The third-order valence-corrected chi connectivity index (χ3v) is 5.37. The van der Waals surface area contributed by atoms with E-state index in [1.165, 1.54) is 34.1 Å². The first-order chi connectivity index (χ1) is 13.5. The molecule has 0 aliphatic carbocycles. The Hall–Kier alpha value is -2.74. The highest BCUT2D eigenvalue weighted by atomic mass is 32.1. The lowest BCUT2D eigenvalue weighted by atomic mass is 10.3. The van der Waals surface area contributed by atoms with Gasteiger partial charge in [0.15, 0.2) is 0 Å². The predicted molar refractivity (Wildman–Crippen MR) is 109 cm³/mol. The van der Waals surface area contributed by atoms with Gasteiger partial charge in [0.25, 0.3) is 5.56 Å². The molecule has 0 N–H and O–H groups in total. The summed E-state index contributed by atoms with van der Waals surface area (Å²) in [4.78, 5) is 40.5. The number of carbonyl (C=O) groups is 1. The van der Waals surface area contributed by atoms with E-state index in [2.05, 4.69) is 0 Å². The minimum Gasteiger partial charge on any atom is -0.341 e. The van der Waals surface area contributed by atoms with E-state index in [0.29, 0.717) is 23.3 Å². The molecule has 0 bridgehead atoms. The molecule has 1 amide bonds. The second-order valence-corrected chi connectivity index (χ2v) is 7.39. The SMILES string of the molecule is CCCN(CCC)C(=O)Cn1c(=O)n(-c2ccccc2F)c(=O)c2sccc21. The molecular weight excluding hydrogens is 381 g/mol. The van der Waals surface area contributed by atoms with E-state index in [1.54, 1.807) is 22.4 Å². The van der Waals surface area contributed by atoms with Crippen LogP contribution in [0.2, 0.25) is 0 Å². The van der Waals surface area contributed by atoms with Crippen molar-refractivity contribution >= 4 is 27.5 Å². The highest BCUT2D eigenvalue weighted by Gasteiger charge is 2.21. The first kappa shape index (κ1) is 20.0. The molecule has 0 aliphatic heterocycles. The summed E-state index contributed by atoms with van der Waals surface area (Å²) in [6.07, 6.45) is 1.62. The maximum absolute atomic E-state index is 14.3. The number of nitrogens with zero attached hydrogens (tertiary/aromatic N) is 3. The Bertz CT molecular complexity index is 1110. The maximum atomic E-state index is 14.3.